The summed E-state index contributed by atoms with van der Waals surface area (Å²) in [6, 6.07) is 12.6. The molecule has 0 aliphatic heterocycles. The maximum Gasteiger partial charge on any atom is 0.123 e. The van der Waals surface area contributed by atoms with Crippen LogP contribution < -0.4 is 10.2 Å². The second kappa shape index (κ2) is 6.73. The molecule has 0 unspecified atom stereocenters. The highest BCUT2D eigenvalue weighted by Crippen LogP contribution is 2.24. The quantitative estimate of drug-likeness (QED) is 0.901. The summed E-state index contributed by atoms with van der Waals surface area (Å²) in [6.07, 6.45) is 0. The first-order valence-corrected chi connectivity index (χ1v) is 6.86. The minimum Gasteiger partial charge on any atom is -0.370 e. The molecule has 0 atom stereocenters. The highest BCUT2D eigenvalue weighted by molar-refractivity contribution is 6.31. The van der Waals surface area contributed by atoms with Crippen molar-refractivity contribution in [1.82, 2.24) is 5.32 Å². The SMILES string of the molecule is CNCc1ccc(N(C)Cc2ccc(F)cc2)cc1Cl. The van der Waals surface area contributed by atoms with Crippen LogP contribution in [0.4, 0.5) is 10.1 Å². The average molecular weight is 293 g/mol. The molecular weight excluding hydrogens is 275 g/mol. The topological polar surface area (TPSA) is 15.3 Å². The third kappa shape index (κ3) is 3.71. The van der Waals surface area contributed by atoms with Gasteiger partial charge in [-0.05, 0) is 42.4 Å². The van der Waals surface area contributed by atoms with Gasteiger partial charge in [-0.2, -0.15) is 0 Å². The fourth-order valence-corrected chi connectivity index (χ4v) is 2.30. The Morgan fingerprint density at radius 1 is 1.15 bits per heavy atom. The lowest BCUT2D eigenvalue weighted by atomic mass is 10.1. The smallest absolute Gasteiger partial charge is 0.123 e. The highest BCUT2D eigenvalue weighted by Gasteiger charge is 2.06. The summed E-state index contributed by atoms with van der Waals surface area (Å²) >= 11 is 6.26. The number of benzene rings is 2. The van der Waals surface area contributed by atoms with Gasteiger partial charge in [0, 0.05) is 30.8 Å². The Hall–Kier alpha value is -1.58. The van der Waals surface area contributed by atoms with Gasteiger partial charge in [0.25, 0.3) is 0 Å². The number of rotatable bonds is 5. The summed E-state index contributed by atoms with van der Waals surface area (Å²) in [5.74, 6) is -0.212. The number of nitrogens with one attached hydrogen (secondary N) is 1. The zero-order valence-electron chi connectivity index (χ0n) is 11.7. The summed E-state index contributed by atoms with van der Waals surface area (Å²) in [7, 11) is 3.89. The van der Waals surface area contributed by atoms with Gasteiger partial charge in [0.15, 0.2) is 0 Å². The average Bonchev–Trinajstić information content (AvgIpc) is 2.44. The lowest BCUT2D eigenvalue weighted by Crippen LogP contribution is -2.16. The summed E-state index contributed by atoms with van der Waals surface area (Å²) in [4.78, 5) is 2.09. The number of halogens is 2. The van der Waals surface area contributed by atoms with Crippen molar-refractivity contribution in [2.45, 2.75) is 13.1 Å². The standard InChI is InChI=1S/C16H18ClFN2/c1-19-10-13-5-8-15(9-16(13)17)20(2)11-12-3-6-14(18)7-4-12/h3-9,19H,10-11H2,1-2H3. The monoisotopic (exact) mass is 292 g/mol. The molecule has 20 heavy (non-hydrogen) atoms. The van der Waals surface area contributed by atoms with Crippen LogP contribution in [0.5, 0.6) is 0 Å². The Morgan fingerprint density at radius 3 is 2.45 bits per heavy atom. The van der Waals surface area contributed by atoms with Crippen LogP contribution in [0, 0.1) is 5.82 Å². The van der Waals surface area contributed by atoms with Crippen molar-refractivity contribution < 1.29 is 4.39 Å². The van der Waals surface area contributed by atoms with Crippen LogP contribution >= 0.6 is 11.6 Å². The molecule has 106 valence electrons. The van der Waals surface area contributed by atoms with E-state index in [1.54, 1.807) is 12.1 Å². The van der Waals surface area contributed by atoms with Crippen molar-refractivity contribution in [3.05, 3.63) is 64.4 Å². The molecule has 0 aromatic heterocycles. The number of hydrogen-bond acceptors (Lipinski definition) is 2. The van der Waals surface area contributed by atoms with E-state index in [-0.39, 0.29) is 5.82 Å². The summed E-state index contributed by atoms with van der Waals surface area (Å²) in [5, 5.41) is 3.84. The second-order valence-electron chi connectivity index (χ2n) is 4.79. The normalized spacial score (nSPS) is 10.6. The Labute approximate surface area is 124 Å². The third-order valence-corrected chi connectivity index (χ3v) is 3.53. The van der Waals surface area contributed by atoms with E-state index in [1.807, 2.05) is 32.3 Å². The van der Waals surface area contributed by atoms with Gasteiger partial charge in [-0.3, -0.25) is 0 Å². The predicted molar refractivity (Wildman–Crippen MR) is 82.7 cm³/mol. The van der Waals surface area contributed by atoms with E-state index in [9.17, 15) is 4.39 Å². The number of anilines is 1. The van der Waals surface area contributed by atoms with E-state index in [2.05, 4.69) is 10.2 Å². The van der Waals surface area contributed by atoms with Crippen LogP contribution in [0.15, 0.2) is 42.5 Å². The Morgan fingerprint density at radius 2 is 1.85 bits per heavy atom. The van der Waals surface area contributed by atoms with E-state index < -0.39 is 0 Å². The molecule has 0 fully saturated rings. The summed E-state index contributed by atoms with van der Waals surface area (Å²) in [5.41, 5.74) is 3.18. The fourth-order valence-electron chi connectivity index (χ4n) is 2.06. The maximum atomic E-state index is 12.9. The maximum absolute atomic E-state index is 12.9. The molecular formula is C16H18ClFN2. The molecule has 4 heteroatoms. The van der Waals surface area contributed by atoms with Crippen molar-refractivity contribution in [1.29, 1.82) is 0 Å². The zero-order chi connectivity index (χ0) is 14.5. The van der Waals surface area contributed by atoms with E-state index in [1.165, 1.54) is 12.1 Å². The predicted octanol–water partition coefficient (Wildman–Crippen LogP) is 3.83. The van der Waals surface area contributed by atoms with E-state index in [0.29, 0.717) is 6.54 Å². The lowest BCUT2D eigenvalue weighted by Gasteiger charge is -2.20. The Bertz CT molecular complexity index is 569. The van der Waals surface area contributed by atoms with E-state index in [4.69, 9.17) is 11.6 Å². The van der Waals surface area contributed by atoms with Gasteiger partial charge >= 0.3 is 0 Å². The van der Waals surface area contributed by atoms with Crippen molar-refractivity contribution in [3.63, 3.8) is 0 Å². The summed E-state index contributed by atoms with van der Waals surface area (Å²) in [6.45, 7) is 1.46. The first-order chi connectivity index (χ1) is 9.60. The Kier molecular flexibility index (Phi) is 4.99. The second-order valence-corrected chi connectivity index (χ2v) is 5.20. The molecule has 0 aliphatic carbocycles. The molecule has 0 saturated heterocycles. The van der Waals surface area contributed by atoms with Crippen LogP contribution in [0.3, 0.4) is 0 Å². The third-order valence-electron chi connectivity index (χ3n) is 3.18. The van der Waals surface area contributed by atoms with Crippen molar-refractivity contribution in [3.8, 4) is 0 Å². The molecule has 2 nitrogen and oxygen atoms in total. The molecule has 0 bridgehead atoms. The largest absolute Gasteiger partial charge is 0.370 e. The first kappa shape index (κ1) is 14.8. The molecule has 0 spiro atoms. The van der Waals surface area contributed by atoms with Gasteiger partial charge in [0.1, 0.15) is 5.82 Å². The molecule has 0 heterocycles. The fraction of sp³-hybridized carbons (Fsp3) is 0.250. The number of hydrogen-bond donors (Lipinski definition) is 1. The lowest BCUT2D eigenvalue weighted by molar-refractivity contribution is 0.627. The van der Waals surface area contributed by atoms with Crippen LogP contribution in [-0.4, -0.2) is 14.1 Å². The molecule has 0 amide bonds. The van der Waals surface area contributed by atoms with E-state index in [0.717, 1.165) is 28.4 Å². The van der Waals surface area contributed by atoms with Crippen LogP contribution in [0.1, 0.15) is 11.1 Å². The minimum absolute atomic E-state index is 0.212. The van der Waals surface area contributed by atoms with Gasteiger partial charge in [-0.15, -0.1) is 0 Å². The van der Waals surface area contributed by atoms with Crippen molar-refractivity contribution >= 4 is 17.3 Å². The van der Waals surface area contributed by atoms with Crippen LogP contribution in [0.25, 0.3) is 0 Å². The van der Waals surface area contributed by atoms with Crippen LogP contribution in [0.2, 0.25) is 5.02 Å². The zero-order valence-corrected chi connectivity index (χ0v) is 12.4. The van der Waals surface area contributed by atoms with Crippen LogP contribution in [-0.2, 0) is 13.1 Å². The van der Waals surface area contributed by atoms with Crippen molar-refractivity contribution in [2.75, 3.05) is 19.0 Å². The highest BCUT2D eigenvalue weighted by atomic mass is 35.5. The number of nitrogens with zero attached hydrogens (tertiary/aromatic N) is 1. The molecule has 2 rings (SSSR count). The molecule has 2 aromatic rings. The van der Waals surface area contributed by atoms with Gasteiger partial charge in [0.05, 0.1) is 0 Å². The van der Waals surface area contributed by atoms with Gasteiger partial charge < -0.3 is 10.2 Å². The van der Waals surface area contributed by atoms with Crippen molar-refractivity contribution in [2.24, 2.45) is 0 Å². The molecule has 0 saturated carbocycles. The molecule has 0 radical (unpaired) electrons. The van der Waals surface area contributed by atoms with E-state index >= 15 is 0 Å². The van der Waals surface area contributed by atoms with Gasteiger partial charge in [-0.25, -0.2) is 4.39 Å². The first-order valence-electron chi connectivity index (χ1n) is 6.49. The molecule has 0 aliphatic rings. The summed E-state index contributed by atoms with van der Waals surface area (Å²) < 4.78 is 12.9. The molecule has 1 N–H and O–H groups in total. The molecule has 2 aromatic carbocycles. The minimum atomic E-state index is -0.212. The Balaban J connectivity index is 2.10. The van der Waals surface area contributed by atoms with Gasteiger partial charge in [-0.1, -0.05) is 29.8 Å². The van der Waals surface area contributed by atoms with Gasteiger partial charge in [0.2, 0.25) is 0 Å².